The number of nitrogens with two attached hydrogens (primary N) is 1. The van der Waals surface area contributed by atoms with Crippen LogP contribution in [-0.2, 0) is 0 Å². The molecule has 2 N–H and O–H groups in total. The molecule has 0 aliphatic carbocycles. The third kappa shape index (κ3) is 2.03. The highest BCUT2D eigenvalue weighted by Gasteiger charge is 2.07. The minimum atomic E-state index is 0.442. The van der Waals surface area contributed by atoms with E-state index in [0.717, 1.165) is 16.8 Å². The van der Waals surface area contributed by atoms with Gasteiger partial charge in [-0.3, -0.25) is 9.97 Å². The monoisotopic (exact) mass is 213 g/mol. The highest BCUT2D eigenvalue weighted by molar-refractivity contribution is 5.72. The number of aromatic nitrogens is 2. The number of nitrogens with zero attached hydrogens (tertiary/aromatic N) is 2. The molecule has 82 valence electrons. The van der Waals surface area contributed by atoms with Gasteiger partial charge in [0.1, 0.15) is 0 Å². The Bertz CT molecular complexity index is 478. The van der Waals surface area contributed by atoms with Gasteiger partial charge in [-0.05, 0) is 29.7 Å². The molecule has 2 heterocycles. The number of anilines is 1. The average Bonchev–Trinajstić information content (AvgIpc) is 2.30. The summed E-state index contributed by atoms with van der Waals surface area (Å²) >= 11 is 0. The summed E-state index contributed by atoms with van der Waals surface area (Å²) in [6.45, 7) is 4.25. The van der Waals surface area contributed by atoms with Crippen molar-refractivity contribution in [3.63, 3.8) is 0 Å². The lowest BCUT2D eigenvalue weighted by Crippen LogP contribution is -1.97. The van der Waals surface area contributed by atoms with E-state index in [1.807, 2.05) is 24.4 Å². The van der Waals surface area contributed by atoms with E-state index in [1.54, 1.807) is 12.4 Å². The molecule has 3 heteroatoms. The van der Waals surface area contributed by atoms with Gasteiger partial charge in [-0.25, -0.2) is 0 Å². The fraction of sp³-hybridized carbons (Fsp3) is 0.231. The summed E-state index contributed by atoms with van der Waals surface area (Å²) in [6, 6.07) is 5.83. The Morgan fingerprint density at radius 1 is 1.25 bits per heavy atom. The zero-order chi connectivity index (χ0) is 11.5. The zero-order valence-electron chi connectivity index (χ0n) is 9.51. The Hall–Kier alpha value is -1.90. The van der Waals surface area contributed by atoms with Crippen molar-refractivity contribution in [2.24, 2.45) is 0 Å². The predicted octanol–water partition coefficient (Wildman–Crippen LogP) is 2.85. The highest BCUT2D eigenvalue weighted by Crippen LogP contribution is 2.25. The van der Waals surface area contributed by atoms with E-state index < -0.39 is 0 Å². The summed E-state index contributed by atoms with van der Waals surface area (Å²) in [5.74, 6) is 0.442. The molecule has 0 spiro atoms. The van der Waals surface area contributed by atoms with Crippen LogP contribution >= 0.6 is 0 Å². The molecule has 2 rings (SSSR count). The molecule has 0 unspecified atom stereocenters. The van der Waals surface area contributed by atoms with Crippen LogP contribution in [0.15, 0.2) is 36.8 Å². The Morgan fingerprint density at radius 2 is 2.06 bits per heavy atom. The van der Waals surface area contributed by atoms with Gasteiger partial charge >= 0.3 is 0 Å². The molecule has 0 saturated heterocycles. The second-order valence-electron chi connectivity index (χ2n) is 4.10. The van der Waals surface area contributed by atoms with Gasteiger partial charge in [0.25, 0.3) is 0 Å². The molecule has 0 saturated carbocycles. The van der Waals surface area contributed by atoms with Crippen molar-refractivity contribution in [2.75, 3.05) is 5.73 Å². The fourth-order valence-corrected chi connectivity index (χ4v) is 1.56. The largest absolute Gasteiger partial charge is 0.397 e. The van der Waals surface area contributed by atoms with E-state index in [9.17, 15) is 0 Å². The molecule has 0 aliphatic rings. The minimum absolute atomic E-state index is 0.442. The first-order valence-corrected chi connectivity index (χ1v) is 5.34. The SMILES string of the molecule is CC(C)c1cnc(-c2cccnc2)c(N)c1. The molecule has 0 bridgehead atoms. The van der Waals surface area contributed by atoms with Crippen LogP contribution in [0.1, 0.15) is 25.3 Å². The summed E-state index contributed by atoms with van der Waals surface area (Å²) in [5, 5.41) is 0. The Kier molecular flexibility index (Phi) is 2.86. The van der Waals surface area contributed by atoms with E-state index >= 15 is 0 Å². The van der Waals surface area contributed by atoms with Crippen LogP contribution in [0.2, 0.25) is 0 Å². The molecule has 0 amide bonds. The number of hydrogen-bond donors (Lipinski definition) is 1. The van der Waals surface area contributed by atoms with Crippen molar-refractivity contribution in [3.8, 4) is 11.3 Å². The van der Waals surface area contributed by atoms with Crippen LogP contribution in [0.25, 0.3) is 11.3 Å². The molecule has 2 aromatic rings. The van der Waals surface area contributed by atoms with Gasteiger partial charge in [-0.1, -0.05) is 13.8 Å². The first kappa shape index (κ1) is 10.6. The molecule has 0 fully saturated rings. The van der Waals surface area contributed by atoms with E-state index in [2.05, 4.69) is 23.8 Å². The third-order valence-electron chi connectivity index (χ3n) is 2.54. The fourth-order valence-electron chi connectivity index (χ4n) is 1.56. The van der Waals surface area contributed by atoms with Gasteiger partial charge in [-0.15, -0.1) is 0 Å². The lowest BCUT2D eigenvalue weighted by molar-refractivity contribution is 0.859. The molecule has 2 aromatic heterocycles. The van der Waals surface area contributed by atoms with Crippen LogP contribution < -0.4 is 5.73 Å². The van der Waals surface area contributed by atoms with Gasteiger partial charge in [0.2, 0.25) is 0 Å². The molecule has 3 nitrogen and oxygen atoms in total. The van der Waals surface area contributed by atoms with Crippen molar-refractivity contribution in [3.05, 3.63) is 42.4 Å². The summed E-state index contributed by atoms with van der Waals surface area (Å²) < 4.78 is 0. The summed E-state index contributed by atoms with van der Waals surface area (Å²) in [6.07, 6.45) is 5.39. The quantitative estimate of drug-likeness (QED) is 0.834. The summed E-state index contributed by atoms with van der Waals surface area (Å²) in [7, 11) is 0. The maximum atomic E-state index is 6.00. The smallest absolute Gasteiger partial charge is 0.0946 e. The molecule has 0 aliphatic heterocycles. The number of pyridine rings is 2. The lowest BCUT2D eigenvalue weighted by atomic mass is 10.0. The first-order valence-electron chi connectivity index (χ1n) is 5.34. The van der Waals surface area contributed by atoms with Gasteiger partial charge in [-0.2, -0.15) is 0 Å². The van der Waals surface area contributed by atoms with Crippen molar-refractivity contribution < 1.29 is 0 Å². The standard InChI is InChI=1S/C13H15N3/c1-9(2)11-6-12(14)13(16-8-11)10-4-3-5-15-7-10/h3-9H,14H2,1-2H3. The zero-order valence-corrected chi connectivity index (χ0v) is 9.51. The van der Waals surface area contributed by atoms with Gasteiger partial charge < -0.3 is 5.73 Å². The van der Waals surface area contributed by atoms with Crippen LogP contribution in [-0.4, -0.2) is 9.97 Å². The predicted molar refractivity (Wildman–Crippen MR) is 66.0 cm³/mol. The average molecular weight is 213 g/mol. The van der Waals surface area contributed by atoms with Gasteiger partial charge in [0.15, 0.2) is 0 Å². The van der Waals surface area contributed by atoms with Crippen molar-refractivity contribution in [1.82, 2.24) is 9.97 Å². The first-order chi connectivity index (χ1) is 7.68. The van der Waals surface area contributed by atoms with Crippen LogP contribution in [0.4, 0.5) is 5.69 Å². The molecular weight excluding hydrogens is 198 g/mol. The van der Waals surface area contributed by atoms with E-state index in [0.29, 0.717) is 11.6 Å². The molecule has 16 heavy (non-hydrogen) atoms. The van der Waals surface area contributed by atoms with Crippen LogP contribution in [0, 0.1) is 0 Å². The minimum Gasteiger partial charge on any atom is -0.397 e. The molecule has 0 aromatic carbocycles. The third-order valence-corrected chi connectivity index (χ3v) is 2.54. The molecular formula is C13H15N3. The van der Waals surface area contributed by atoms with Crippen molar-refractivity contribution in [1.29, 1.82) is 0 Å². The Morgan fingerprint density at radius 3 is 2.62 bits per heavy atom. The maximum absolute atomic E-state index is 6.00. The lowest BCUT2D eigenvalue weighted by Gasteiger charge is -2.09. The van der Waals surface area contributed by atoms with Crippen LogP contribution in [0.3, 0.4) is 0 Å². The van der Waals surface area contributed by atoms with Crippen molar-refractivity contribution >= 4 is 5.69 Å². The highest BCUT2D eigenvalue weighted by atomic mass is 14.7. The van der Waals surface area contributed by atoms with Gasteiger partial charge in [0.05, 0.1) is 11.4 Å². The summed E-state index contributed by atoms with van der Waals surface area (Å²) in [4.78, 5) is 8.47. The number of rotatable bonds is 2. The van der Waals surface area contributed by atoms with E-state index in [1.165, 1.54) is 0 Å². The van der Waals surface area contributed by atoms with E-state index in [-0.39, 0.29) is 0 Å². The topological polar surface area (TPSA) is 51.8 Å². The maximum Gasteiger partial charge on any atom is 0.0946 e. The number of nitrogen functional groups attached to an aromatic ring is 1. The second kappa shape index (κ2) is 4.31. The second-order valence-corrected chi connectivity index (χ2v) is 4.10. The normalized spacial score (nSPS) is 10.7. The van der Waals surface area contributed by atoms with Crippen molar-refractivity contribution in [2.45, 2.75) is 19.8 Å². The number of hydrogen-bond acceptors (Lipinski definition) is 3. The van der Waals surface area contributed by atoms with Gasteiger partial charge in [0, 0.05) is 24.2 Å². The molecule has 0 atom stereocenters. The van der Waals surface area contributed by atoms with E-state index in [4.69, 9.17) is 5.73 Å². The Balaban J connectivity index is 2.45. The summed E-state index contributed by atoms with van der Waals surface area (Å²) in [5.41, 5.74) is 9.62. The molecule has 0 radical (unpaired) electrons. The Labute approximate surface area is 95.4 Å². The van der Waals surface area contributed by atoms with Crippen LogP contribution in [0.5, 0.6) is 0 Å².